The summed E-state index contributed by atoms with van der Waals surface area (Å²) in [7, 11) is 1.64. The minimum absolute atomic E-state index is 0.119. The van der Waals surface area contributed by atoms with Crippen molar-refractivity contribution in [2.45, 2.75) is 25.3 Å². The van der Waals surface area contributed by atoms with Crippen LogP contribution < -0.4 is 4.74 Å². The maximum absolute atomic E-state index is 13.5. The Labute approximate surface area is 149 Å². The van der Waals surface area contributed by atoms with Crippen LogP contribution in [0.15, 0.2) is 46.9 Å². The smallest absolute Gasteiger partial charge is 0.255 e. The highest BCUT2D eigenvalue weighted by Gasteiger charge is 2.30. The number of halogens is 2. The first-order valence-corrected chi connectivity index (χ1v) is 8.76. The maximum Gasteiger partial charge on any atom is 0.255 e. The first-order valence-electron chi connectivity index (χ1n) is 7.97. The summed E-state index contributed by atoms with van der Waals surface area (Å²) in [5.74, 6) is 0.299. The van der Waals surface area contributed by atoms with Gasteiger partial charge in [0.1, 0.15) is 11.6 Å². The molecule has 0 N–H and O–H groups in total. The second-order valence-corrected chi connectivity index (χ2v) is 6.83. The average Bonchev–Trinajstić information content (AvgIpc) is 3.04. The maximum atomic E-state index is 13.5. The fourth-order valence-electron chi connectivity index (χ4n) is 3.20. The number of methoxy groups -OCH3 is 1. The van der Waals surface area contributed by atoms with Gasteiger partial charge in [-0.3, -0.25) is 4.79 Å². The van der Waals surface area contributed by atoms with Gasteiger partial charge in [-0.15, -0.1) is 0 Å². The fourth-order valence-corrected chi connectivity index (χ4v) is 3.62. The number of hydrogen-bond donors (Lipinski definition) is 0. The number of rotatable bonds is 4. The number of ether oxygens (including phenoxy) is 1. The number of likely N-dealkylation sites (tertiary alicyclic amines) is 1. The summed E-state index contributed by atoms with van der Waals surface area (Å²) in [4.78, 5) is 14.7. The minimum atomic E-state index is -0.398. The Balaban J connectivity index is 1.79. The molecule has 0 aliphatic carbocycles. The molecule has 3 nitrogen and oxygen atoms in total. The summed E-state index contributed by atoms with van der Waals surface area (Å²) in [5, 5.41) is 0. The summed E-state index contributed by atoms with van der Waals surface area (Å²) in [5.41, 5.74) is 1.52. The van der Waals surface area contributed by atoms with Gasteiger partial charge in [0.25, 0.3) is 5.91 Å². The number of carbonyl (C=O) groups excluding carboxylic acids is 1. The zero-order valence-electron chi connectivity index (χ0n) is 13.5. The normalized spacial score (nSPS) is 17.1. The molecule has 1 saturated heterocycles. The predicted octanol–water partition coefficient (Wildman–Crippen LogP) is 4.44. The molecule has 1 fully saturated rings. The Kier molecular flexibility index (Phi) is 5.19. The molecular formula is C19H19BrFNO2. The molecule has 126 valence electrons. The van der Waals surface area contributed by atoms with Gasteiger partial charge >= 0.3 is 0 Å². The highest BCUT2D eigenvalue weighted by Crippen LogP contribution is 2.27. The zero-order valence-corrected chi connectivity index (χ0v) is 15.1. The van der Waals surface area contributed by atoms with E-state index in [0.717, 1.165) is 30.6 Å². The van der Waals surface area contributed by atoms with Gasteiger partial charge in [0.2, 0.25) is 0 Å². The zero-order chi connectivity index (χ0) is 17.1. The van der Waals surface area contributed by atoms with E-state index in [0.29, 0.717) is 16.6 Å². The Morgan fingerprint density at radius 1 is 1.33 bits per heavy atom. The molecule has 1 aliphatic heterocycles. The minimum Gasteiger partial charge on any atom is -0.497 e. The third-order valence-electron chi connectivity index (χ3n) is 4.40. The van der Waals surface area contributed by atoms with Crippen LogP contribution in [0.25, 0.3) is 0 Å². The third kappa shape index (κ3) is 3.61. The summed E-state index contributed by atoms with van der Waals surface area (Å²) in [6.07, 6.45) is 2.69. The second-order valence-electron chi connectivity index (χ2n) is 5.97. The highest BCUT2D eigenvalue weighted by atomic mass is 79.9. The predicted molar refractivity (Wildman–Crippen MR) is 94.9 cm³/mol. The molecule has 1 aliphatic rings. The number of nitrogens with zero attached hydrogens (tertiary/aromatic N) is 1. The van der Waals surface area contributed by atoms with E-state index < -0.39 is 5.82 Å². The second kappa shape index (κ2) is 7.34. The van der Waals surface area contributed by atoms with Crippen molar-refractivity contribution in [3.8, 4) is 5.75 Å². The van der Waals surface area contributed by atoms with Gasteiger partial charge in [-0.2, -0.15) is 0 Å². The quantitative estimate of drug-likeness (QED) is 0.770. The number of hydrogen-bond acceptors (Lipinski definition) is 2. The lowest BCUT2D eigenvalue weighted by atomic mass is 10.0. The third-order valence-corrected chi connectivity index (χ3v) is 5.09. The molecule has 1 atom stereocenters. The molecule has 1 heterocycles. The lowest BCUT2D eigenvalue weighted by Gasteiger charge is -2.25. The Morgan fingerprint density at radius 2 is 2.17 bits per heavy atom. The van der Waals surface area contributed by atoms with Crippen LogP contribution in [0, 0.1) is 5.82 Å². The Hall–Kier alpha value is -1.88. The largest absolute Gasteiger partial charge is 0.497 e. The van der Waals surface area contributed by atoms with Gasteiger partial charge in [0.05, 0.1) is 12.7 Å². The van der Waals surface area contributed by atoms with Gasteiger partial charge in [-0.25, -0.2) is 4.39 Å². The first-order chi connectivity index (χ1) is 11.6. The van der Waals surface area contributed by atoms with Crippen LogP contribution in [0.5, 0.6) is 5.75 Å². The van der Waals surface area contributed by atoms with Crippen molar-refractivity contribution in [1.82, 2.24) is 4.90 Å². The van der Waals surface area contributed by atoms with Gasteiger partial charge in [-0.05, 0) is 71.1 Å². The van der Waals surface area contributed by atoms with Gasteiger partial charge in [0, 0.05) is 17.1 Å². The summed E-state index contributed by atoms with van der Waals surface area (Å²) in [6, 6.07) is 12.3. The molecule has 5 heteroatoms. The van der Waals surface area contributed by atoms with Crippen molar-refractivity contribution in [2.75, 3.05) is 13.7 Å². The molecule has 2 aromatic carbocycles. The van der Waals surface area contributed by atoms with E-state index in [1.54, 1.807) is 13.2 Å². The number of carbonyl (C=O) groups is 1. The van der Waals surface area contributed by atoms with Crippen molar-refractivity contribution in [1.29, 1.82) is 0 Å². The first kappa shape index (κ1) is 17.0. The Bertz CT molecular complexity index is 750. The highest BCUT2D eigenvalue weighted by molar-refractivity contribution is 9.10. The molecule has 0 radical (unpaired) electrons. The molecule has 2 aromatic rings. The van der Waals surface area contributed by atoms with E-state index >= 15 is 0 Å². The topological polar surface area (TPSA) is 29.5 Å². The van der Waals surface area contributed by atoms with Crippen LogP contribution in [0.3, 0.4) is 0 Å². The summed E-state index contributed by atoms with van der Waals surface area (Å²) >= 11 is 3.35. The SMILES string of the molecule is COc1cccc(CC2CCCN2C(=O)c2cc(F)ccc2Br)c1. The van der Waals surface area contributed by atoms with Gasteiger partial charge < -0.3 is 9.64 Å². The number of amides is 1. The van der Waals surface area contributed by atoms with Crippen LogP contribution in [0.2, 0.25) is 0 Å². The van der Waals surface area contributed by atoms with Crippen LogP contribution in [0.1, 0.15) is 28.8 Å². The standard InChI is InChI=1S/C19H19BrFNO2/c1-24-16-6-2-4-13(11-16)10-15-5-3-9-22(15)19(23)17-12-14(21)7-8-18(17)20/h2,4,6-8,11-12,15H,3,5,9-10H2,1H3. The molecular weight excluding hydrogens is 373 g/mol. The van der Waals surface area contributed by atoms with E-state index in [9.17, 15) is 9.18 Å². The van der Waals surface area contributed by atoms with E-state index in [1.165, 1.54) is 12.1 Å². The molecule has 1 unspecified atom stereocenters. The summed E-state index contributed by atoms with van der Waals surface area (Å²) in [6.45, 7) is 0.705. The molecule has 0 aromatic heterocycles. The van der Waals surface area contributed by atoms with E-state index in [1.807, 2.05) is 29.2 Å². The average molecular weight is 392 g/mol. The van der Waals surface area contributed by atoms with Crippen molar-refractivity contribution < 1.29 is 13.9 Å². The molecule has 24 heavy (non-hydrogen) atoms. The van der Waals surface area contributed by atoms with E-state index in [2.05, 4.69) is 15.9 Å². The lowest BCUT2D eigenvalue weighted by molar-refractivity contribution is 0.0735. The molecule has 0 spiro atoms. The monoisotopic (exact) mass is 391 g/mol. The number of benzene rings is 2. The van der Waals surface area contributed by atoms with Gasteiger partial charge in [-0.1, -0.05) is 12.1 Å². The van der Waals surface area contributed by atoms with E-state index in [4.69, 9.17) is 4.74 Å². The van der Waals surface area contributed by atoms with Crippen molar-refractivity contribution >= 4 is 21.8 Å². The Morgan fingerprint density at radius 3 is 2.96 bits per heavy atom. The fraction of sp³-hybridized carbons (Fsp3) is 0.316. The van der Waals surface area contributed by atoms with Crippen LogP contribution in [-0.4, -0.2) is 30.5 Å². The molecule has 0 saturated carbocycles. The lowest BCUT2D eigenvalue weighted by Crippen LogP contribution is -2.37. The van der Waals surface area contributed by atoms with Crippen LogP contribution in [0.4, 0.5) is 4.39 Å². The molecule has 0 bridgehead atoms. The van der Waals surface area contributed by atoms with Crippen LogP contribution in [-0.2, 0) is 6.42 Å². The van der Waals surface area contributed by atoms with Crippen molar-refractivity contribution in [2.24, 2.45) is 0 Å². The van der Waals surface area contributed by atoms with Crippen molar-refractivity contribution in [3.05, 3.63) is 63.9 Å². The molecule has 1 amide bonds. The van der Waals surface area contributed by atoms with Gasteiger partial charge in [0.15, 0.2) is 0 Å². The summed E-state index contributed by atoms with van der Waals surface area (Å²) < 4.78 is 19.4. The van der Waals surface area contributed by atoms with Crippen LogP contribution >= 0.6 is 15.9 Å². The van der Waals surface area contributed by atoms with E-state index in [-0.39, 0.29) is 11.9 Å². The van der Waals surface area contributed by atoms with Crippen molar-refractivity contribution in [3.63, 3.8) is 0 Å². The molecule has 3 rings (SSSR count).